The third-order valence-electron chi connectivity index (χ3n) is 5.33. The predicted octanol–water partition coefficient (Wildman–Crippen LogP) is 1.40. The highest BCUT2D eigenvalue weighted by Gasteiger charge is 2.31. The fourth-order valence-electron chi connectivity index (χ4n) is 4.09. The maximum atomic E-state index is 12.4. The van der Waals surface area contributed by atoms with E-state index in [0.717, 1.165) is 39.0 Å². The van der Waals surface area contributed by atoms with E-state index < -0.39 is 0 Å². The quantitative estimate of drug-likeness (QED) is 0.759. The van der Waals surface area contributed by atoms with Crippen LogP contribution in [0.3, 0.4) is 0 Å². The van der Waals surface area contributed by atoms with Gasteiger partial charge in [0.05, 0.1) is 12.5 Å². The summed E-state index contributed by atoms with van der Waals surface area (Å²) in [6.45, 7) is 9.03. The number of anilines is 1. The number of benzene rings is 1. The van der Waals surface area contributed by atoms with E-state index in [0.29, 0.717) is 19.0 Å². The van der Waals surface area contributed by atoms with Crippen LogP contribution in [-0.4, -0.2) is 62.0 Å². The Balaban J connectivity index is 1.49. The second-order valence-electron chi connectivity index (χ2n) is 7.97. The molecule has 0 spiro atoms. The minimum Gasteiger partial charge on any atom is -0.370 e. The molecule has 6 nitrogen and oxygen atoms in total. The molecule has 0 aliphatic carbocycles. The summed E-state index contributed by atoms with van der Waals surface area (Å²) < 4.78 is 0. The number of aryl methyl sites for hydroxylation is 1. The summed E-state index contributed by atoms with van der Waals surface area (Å²) in [6, 6.07) is 8.15. The molecule has 27 heavy (non-hydrogen) atoms. The maximum absolute atomic E-state index is 12.4. The Labute approximate surface area is 162 Å². The molecular formula is C21H32N4O2. The van der Waals surface area contributed by atoms with Crippen molar-refractivity contribution in [3.8, 4) is 0 Å². The van der Waals surface area contributed by atoms with Crippen molar-refractivity contribution in [3.63, 3.8) is 0 Å². The van der Waals surface area contributed by atoms with Gasteiger partial charge in [-0.25, -0.2) is 0 Å². The highest BCUT2D eigenvalue weighted by molar-refractivity contribution is 5.88. The molecule has 1 aromatic rings. The van der Waals surface area contributed by atoms with Crippen molar-refractivity contribution in [2.45, 2.75) is 39.2 Å². The predicted molar refractivity (Wildman–Crippen MR) is 108 cm³/mol. The van der Waals surface area contributed by atoms with Gasteiger partial charge in [0.1, 0.15) is 0 Å². The number of para-hydroxylation sites is 1. The zero-order chi connectivity index (χ0) is 19.2. The average molecular weight is 373 g/mol. The molecule has 0 aromatic heterocycles. The van der Waals surface area contributed by atoms with Crippen molar-refractivity contribution in [2.75, 3.05) is 44.2 Å². The lowest BCUT2D eigenvalue weighted by Gasteiger charge is -2.35. The summed E-state index contributed by atoms with van der Waals surface area (Å²) in [5.41, 5.74) is 2.67. The molecule has 2 aliphatic heterocycles. The molecule has 1 fully saturated rings. The van der Waals surface area contributed by atoms with Crippen molar-refractivity contribution in [3.05, 3.63) is 29.8 Å². The topological polar surface area (TPSA) is 64.7 Å². The lowest BCUT2D eigenvalue weighted by atomic mass is 10.0. The van der Waals surface area contributed by atoms with Crippen LogP contribution in [0.2, 0.25) is 0 Å². The first kappa shape index (κ1) is 19.7. The summed E-state index contributed by atoms with van der Waals surface area (Å²) in [4.78, 5) is 29.2. The lowest BCUT2D eigenvalue weighted by Crippen LogP contribution is -2.57. The summed E-state index contributed by atoms with van der Waals surface area (Å²) in [5, 5.41) is 5.91. The number of hydrogen-bond acceptors (Lipinski definition) is 4. The third kappa shape index (κ3) is 5.22. The van der Waals surface area contributed by atoms with Gasteiger partial charge < -0.3 is 15.5 Å². The average Bonchev–Trinajstić information content (AvgIpc) is 2.64. The smallest absolute Gasteiger partial charge is 0.237 e. The number of nitrogens with one attached hydrogen (secondary N) is 2. The highest BCUT2D eigenvalue weighted by atomic mass is 16.2. The molecule has 2 aliphatic rings. The van der Waals surface area contributed by atoms with Gasteiger partial charge in [0.2, 0.25) is 11.8 Å². The largest absolute Gasteiger partial charge is 0.370 e. The molecule has 3 rings (SSSR count). The Bertz CT molecular complexity index is 661. The van der Waals surface area contributed by atoms with Gasteiger partial charge in [0.25, 0.3) is 0 Å². The zero-order valence-electron chi connectivity index (χ0n) is 16.5. The fraction of sp³-hybridized carbons (Fsp3) is 0.619. The van der Waals surface area contributed by atoms with Crippen LogP contribution in [0.15, 0.2) is 24.3 Å². The summed E-state index contributed by atoms with van der Waals surface area (Å²) in [5.74, 6) is 0.402. The molecule has 2 heterocycles. The van der Waals surface area contributed by atoms with Crippen LogP contribution in [-0.2, 0) is 16.0 Å². The first-order valence-corrected chi connectivity index (χ1v) is 10.2. The third-order valence-corrected chi connectivity index (χ3v) is 5.33. The molecule has 2 N–H and O–H groups in total. The standard InChI is InChI=1S/C21H32N4O2/c1-16(2)15-25-13-10-23-21(27)19(25)14-20(26)22-9-12-24-11-5-7-17-6-3-4-8-18(17)24/h3-4,6,8,16,19H,5,7,9-15H2,1-2H3,(H,22,26)(H,23,27). The Morgan fingerprint density at radius 1 is 1.30 bits per heavy atom. The Morgan fingerprint density at radius 3 is 2.93 bits per heavy atom. The minimum absolute atomic E-state index is 0.0259. The molecule has 1 saturated heterocycles. The number of carbonyl (C=O) groups excluding carboxylic acids is 2. The molecule has 0 saturated carbocycles. The lowest BCUT2D eigenvalue weighted by molar-refractivity contribution is -0.134. The Kier molecular flexibility index (Phi) is 6.72. The maximum Gasteiger partial charge on any atom is 0.237 e. The van der Waals surface area contributed by atoms with Gasteiger partial charge in [-0.3, -0.25) is 14.5 Å². The van der Waals surface area contributed by atoms with Gasteiger partial charge in [0.15, 0.2) is 0 Å². The number of nitrogens with zero attached hydrogens (tertiary/aromatic N) is 2. The van der Waals surface area contributed by atoms with Gasteiger partial charge in [0, 0.05) is 45.0 Å². The number of amides is 2. The van der Waals surface area contributed by atoms with E-state index in [9.17, 15) is 9.59 Å². The van der Waals surface area contributed by atoms with E-state index in [1.54, 1.807) is 0 Å². The number of hydrogen-bond donors (Lipinski definition) is 2. The fourth-order valence-corrected chi connectivity index (χ4v) is 4.09. The Morgan fingerprint density at radius 2 is 2.11 bits per heavy atom. The highest BCUT2D eigenvalue weighted by Crippen LogP contribution is 2.26. The van der Waals surface area contributed by atoms with Crippen LogP contribution in [0.25, 0.3) is 0 Å². The van der Waals surface area contributed by atoms with Gasteiger partial charge in [-0.2, -0.15) is 0 Å². The SMILES string of the molecule is CC(C)CN1CCNC(=O)C1CC(=O)NCCN1CCCc2ccccc21. The minimum atomic E-state index is -0.350. The number of rotatable bonds is 7. The van der Waals surface area contributed by atoms with Crippen molar-refractivity contribution < 1.29 is 9.59 Å². The molecule has 1 unspecified atom stereocenters. The van der Waals surface area contributed by atoms with E-state index in [2.05, 4.69) is 58.5 Å². The molecular weight excluding hydrogens is 340 g/mol. The number of fused-ring (bicyclic) bond motifs is 1. The number of carbonyl (C=O) groups is 2. The summed E-state index contributed by atoms with van der Waals surface area (Å²) >= 11 is 0. The molecule has 148 valence electrons. The number of piperazine rings is 1. The van der Waals surface area contributed by atoms with Crippen molar-refractivity contribution in [1.82, 2.24) is 15.5 Å². The van der Waals surface area contributed by atoms with E-state index in [4.69, 9.17) is 0 Å². The van der Waals surface area contributed by atoms with E-state index in [1.807, 2.05) is 0 Å². The Hall–Kier alpha value is -2.08. The van der Waals surface area contributed by atoms with Crippen LogP contribution >= 0.6 is 0 Å². The van der Waals surface area contributed by atoms with E-state index in [-0.39, 0.29) is 24.3 Å². The van der Waals surface area contributed by atoms with Gasteiger partial charge in [-0.05, 0) is 30.4 Å². The summed E-state index contributed by atoms with van der Waals surface area (Å²) in [7, 11) is 0. The van der Waals surface area contributed by atoms with Gasteiger partial charge in [-0.1, -0.05) is 32.0 Å². The molecule has 1 atom stereocenters. The molecule has 0 radical (unpaired) electrons. The second-order valence-corrected chi connectivity index (χ2v) is 7.97. The van der Waals surface area contributed by atoms with Crippen LogP contribution < -0.4 is 15.5 Å². The molecule has 0 bridgehead atoms. The van der Waals surface area contributed by atoms with Crippen LogP contribution in [0.4, 0.5) is 5.69 Å². The van der Waals surface area contributed by atoms with Gasteiger partial charge in [-0.15, -0.1) is 0 Å². The first-order valence-electron chi connectivity index (χ1n) is 10.2. The second kappa shape index (κ2) is 9.22. The van der Waals surface area contributed by atoms with Crippen molar-refractivity contribution >= 4 is 17.5 Å². The van der Waals surface area contributed by atoms with Crippen molar-refractivity contribution in [1.29, 1.82) is 0 Å². The van der Waals surface area contributed by atoms with Gasteiger partial charge >= 0.3 is 0 Å². The molecule has 6 heteroatoms. The van der Waals surface area contributed by atoms with E-state index >= 15 is 0 Å². The van der Waals surface area contributed by atoms with Crippen LogP contribution in [0.5, 0.6) is 0 Å². The van der Waals surface area contributed by atoms with Crippen molar-refractivity contribution in [2.24, 2.45) is 5.92 Å². The van der Waals surface area contributed by atoms with Crippen LogP contribution in [0.1, 0.15) is 32.3 Å². The summed E-state index contributed by atoms with van der Waals surface area (Å²) in [6.07, 6.45) is 2.51. The zero-order valence-corrected chi connectivity index (χ0v) is 16.5. The normalized spacial score (nSPS) is 20.3. The van der Waals surface area contributed by atoms with Crippen LogP contribution in [0, 0.1) is 5.92 Å². The monoisotopic (exact) mass is 372 g/mol. The first-order chi connectivity index (χ1) is 13.0. The molecule has 1 aromatic carbocycles. The molecule has 2 amide bonds. The van der Waals surface area contributed by atoms with E-state index in [1.165, 1.54) is 11.3 Å².